The minimum atomic E-state index is -0.387. The first-order chi connectivity index (χ1) is 11.5. The van der Waals surface area contributed by atoms with E-state index in [0.29, 0.717) is 10.9 Å². The molecule has 2 heterocycles. The molecule has 2 aromatic heterocycles. The molecule has 1 N–H and O–H groups in total. The van der Waals surface area contributed by atoms with Gasteiger partial charge in [-0.05, 0) is 31.6 Å². The summed E-state index contributed by atoms with van der Waals surface area (Å²) in [5.74, 6) is -0.0502. The van der Waals surface area contributed by atoms with Gasteiger partial charge in [0.2, 0.25) is 0 Å². The van der Waals surface area contributed by atoms with Crippen LogP contribution in [0.3, 0.4) is 0 Å². The highest BCUT2D eigenvalue weighted by atomic mass is 35.5. The standard InChI is InChI=1S/C16H13ClN4O2S/c1-9-14(24-10(2)18-9)15-20-21-16(23-15)19-13(22)8-7-11-5-3-4-6-12(11)17/h3-8H,1-2H3,(H,19,21,22)/b8-7+. The summed E-state index contributed by atoms with van der Waals surface area (Å²) in [5.41, 5.74) is 1.56. The number of rotatable bonds is 4. The van der Waals surface area contributed by atoms with Gasteiger partial charge >= 0.3 is 6.01 Å². The maximum atomic E-state index is 11.9. The summed E-state index contributed by atoms with van der Waals surface area (Å²) in [4.78, 5) is 17.0. The molecule has 0 bridgehead atoms. The molecule has 6 nitrogen and oxygen atoms in total. The van der Waals surface area contributed by atoms with Crippen LogP contribution >= 0.6 is 22.9 Å². The van der Waals surface area contributed by atoms with Crippen molar-refractivity contribution < 1.29 is 9.21 Å². The minimum absolute atomic E-state index is 0.0317. The van der Waals surface area contributed by atoms with Crippen LogP contribution in [-0.4, -0.2) is 21.1 Å². The molecule has 0 aliphatic heterocycles. The minimum Gasteiger partial charge on any atom is -0.402 e. The van der Waals surface area contributed by atoms with E-state index in [9.17, 15) is 4.79 Å². The van der Waals surface area contributed by atoms with Gasteiger partial charge in [-0.15, -0.1) is 16.4 Å². The lowest BCUT2D eigenvalue weighted by Crippen LogP contribution is -2.07. The second kappa shape index (κ2) is 6.94. The van der Waals surface area contributed by atoms with Crippen molar-refractivity contribution in [2.45, 2.75) is 13.8 Å². The van der Waals surface area contributed by atoms with Crippen molar-refractivity contribution in [1.82, 2.24) is 15.2 Å². The predicted molar refractivity (Wildman–Crippen MR) is 94.0 cm³/mol. The van der Waals surface area contributed by atoms with Crippen LogP contribution in [0.2, 0.25) is 5.02 Å². The lowest BCUT2D eigenvalue weighted by atomic mass is 10.2. The molecule has 24 heavy (non-hydrogen) atoms. The van der Waals surface area contributed by atoms with Gasteiger partial charge in [-0.3, -0.25) is 10.1 Å². The number of anilines is 1. The van der Waals surface area contributed by atoms with Gasteiger partial charge in [-0.2, -0.15) is 0 Å². The Morgan fingerprint density at radius 3 is 2.79 bits per heavy atom. The summed E-state index contributed by atoms with van der Waals surface area (Å²) in [6, 6.07) is 7.26. The highest BCUT2D eigenvalue weighted by Gasteiger charge is 2.15. The van der Waals surface area contributed by atoms with E-state index in [1.54, 1.807) is 12.1 Å². The van der Waals surface area contributed by atoms with Crippen LogP contribution in [0.1, 0.15) is 16.3 Å². The number of carbonyl (C=O) groups is 1. The molecule has 0 atom stereocenters. The highest BCUT2D eigenvalue weighted by molar-refractivity contribution is 7.15. The van der Waals surface area contributed by atoms with E-state index >= 15 is 0 Å². The van der Waals surface area contributed by atoms with Crippen molar-refractivity contribution in [1.29, 1.82) is 0 Å². The van der Waals surface area contributed by atoms with E-state index < -0.39 is 0 Å². The SMILES string of the molecule is Cc1nc(C)c(-c2nnc(NC(=O)/C=C/c3ccccc3Cl)o2)s1. The number of thiazole rings is 1. The van der Waals surface area contributed by atoms with E-state index in [1.165, 1.54) is 17.4 Å². The van der Waals surface area contributed by atoms with Crippen molar-refractivity contribution in [3.8, 4) is 10.8 Å². The topological polar surface area (TPSA) is 80.9 Å². The summed E-state index contributed by atoms with van der Waals surface area (Å²) in [5, 5.41) is 11.8. The molecule has 0 aliphatic carbocycles. The van der Waals surface area contributed by atoms with E-state index in [0.717, 1.165) is 21.1 Å². The van der Waals surface area contributed by atoms with E-state index in [4.69, 9.17) is 16.0 Å². The second-order valence-corrected chi connectivity index (χ2v) is 6.51. The zero-order valence-electron chi connectivity index (χ0n) is 12.9. The van der Waals surface area contributed by atoms with Crippen LogP contribution in [0.5, 0.6) is 0 Å². The molecule has 3 aromatic rings. The Morgan fingerprint density at radius 2 is 2.08 bits per heavy atom. The molecule has 0 radical (unpaired) electrons. The third-order valence-electron chi connectivity index (χ3n) is 3.07. The second-order valence-electron chi connectivity index (χ2n) is 4.90. The van der Waals surface area contributed by atoms with Crippen molar-refractivity contribution >= 4 is 40.9 Å². The van der Waals surface area contributed by atoms with E-state index in [-0.39, 0.29) is 11.9 Å². The molecule has 0 unspecified atom stereocenters. The molecule has 1 amide bonds. The lowest BCUT2D eigenvalue weighted by molar-refractivity contribution is -0.112. The molecule has 0 saturated heterocycles. The fraction of sp³-hybridized carbons (Fsp3) is 0.125. The maximum Gasteiger partial charge on any atom is 0.322 e. The molecule has 3 rings (SSSR count). The van der Waals surface area contributed by atoms with Crippen molar-refractivity contribution in [3.05, 3.63) is 51.6 Å². The molecule has 122 valence electrons. The number of hydrogen-bond acceptors (Lipinski definition) is 6. The summed E-state index contributed by atoms with van der Waals surface area (Å²) >= 11 is 7.49. The quantitative estimate of drug-likeness (QED) is 0.708. The molecule has 0 saturated carbocycles. The Labute approximate surface area is 147 Å². The first kappa shape index (κ1) is 16.4. The van der Waals surface area contributed by atoms with Gasteiger partial charge in [0.25, 0.3) is 11.8 Å². The normalized spacial score (nSPS) is 11.1. The van der Waals surface area contributed by atoms with Gasteiger partial charge in [0, 0.05) is 11.1 Å². The van der Waals surface area contributed by atoms with Crippen LogP contribution in [0.15, 0.2) is 34.8 Å². The maximum absolute atomic E-state index is 11.9. The highest BCUT2D eigenvalue weighted by Crippen LogP contribution is 2.29. The van der Waals surface area contributed by atoms with Crippen LogP contribution in [0, 0.1) is 13.8 Å². The summed E-state index contributed by atoms with van der Waals surface area (Å²) in [6.07, 6.45) is 2.97. The third kappa shape index (κ3) is 3.69. The van der Waals surface area contributed by atoms with Gasteiger partial charge in [0.15, 0.2) is 0 Å². The smallest absolute Gasteiger partial charge is 0.322 e. The first-order valence-electron chi connectivity index (χ1n) is 7.04. The molecular formula is C16H13ClN4O2S. The number of nitrogens with zero attached hydrogens (tertiary/aromatic N) is 3. The van der Waals surface area contributed by atoms with Crippen LogP contribution in [0.4, 0.5) is 6.01 Å². The van der Waals surface area contributed by atoms with Crippen LogP contribution < -0.4 is 5.32 Å². The van der Waals surface area contributed by atoms with Crippen molar-refractivity contribution in [2.75, 3.05) is 5.32 Å². The monoisotopic (exact) mass is 360 g/mol. The van der Waals surface area contributed by atoms with Crippen molar-refractivity contribution in [3.63, 3.8) is 0 Å². The zero-order chi connectivity index (χ0) is 17.1. The van der Waals surface area contributed by atoms with Crippen LogP contribution in [-0.2, 0) is 4.79 Å². The van der Waals surface area contributed by atoms with Crippen molar-refractivity contribution in [2.24, 2.45) is 0 Å². The molecule has 1 aromatic carbocycles. The molecule has 0 spiro atoms. The van der Waals surface area contributed by atoms with Gasteiger partial charge in [0.1, 0.15) is 4.88 Å². The molecule has 8 heteroatoms. The Bertz CT molecular complexity index is 916. The van der Waals surface area contributed by atoms with Crippen LogP contribution in [0.25, 0.3) is 16.8 Å². The Kier molecular flexibility index (Phi) is 4.73. The largest absolute Gasteiger partial charge is 0.402 e. The van der Waals surface area contributed by atoms with E-state index in [1.807, 2.05) is 32.0 Å². The average molecular weight is 361 g/mol. The number of benzene rings is 1. The van der Waals surface area contributed by atoms with E-state index in [2.05, 4.69) is 20.5 Å². The summed E-state index contributed by atoms with van der Waals surface area (Å²) in [7, 11) is 0. The fourth-order valence-electron chi connectivity index (χ4n) is 2.02. The molecule has 0 fully saturated rings. The zero-order valence-corrected chi connectivity index (χ0v) is 14.5. The Balaban J connectivity index is 1.70. The molecule has 0 aliphatic rings. The average Bonchev–Trinajstić information content (AvgIpc) is 3.12. The third-order valence-corrected chi connectivity index (χ3v) is 4.48. The number of halogens is 1. The molecular weight excluding hydrogens is 348 g/mol. The summed E-state index contributed by atoms with van der Waals surface area (Å²) < 4.78 is 5.47. The lowest BCUT2D eigenvalue weighted by Gasteiger charge is -1.97. The number of aryl methyl sites for hydroxylation is 2. The van der Waals surface area contributed by atoms with Gasteiger partial charge < -0.3 is 4.42 Å². The Morgan fingerprint density at radius 1 is 1.29 bits per heavy atom. The fourth-order valence-corrected chi connectivity index (χ4v) is 3.06. The predicted octanol–water partition coefficient (Wildman–Crippen LogP) is 4.12. The summed E-state index contributed by atoms with van der Waals surface area (Å²) in [6.45, 7) is 3.77. The number of hydrogen-bond donors (Lipinski definition) is 1. The number of carbonyl (C=O) groups excluding carboxylic acids is 1. The Hall–Kier alpha value is -2.51. The van der Waals surface area contributed by atoms with Gasteiger partial charge in [-0.25, -0.2) is 4.98 Å². The first-order valence-corrected chi connectivity index (χ1v) is 8.24. The number of nitrogens with one attached hydrogen (secondary N) is 1. The number of aromatic nitrogens is 3. The number of amides is 1. The van der Waals surface area contributed by atoms with Gasteiger partial charge in [-0.1, -0.05) is 34.9 Å². The van der Waals surface area contributed by atoms with Gasteiger partial charge in [0.05, 0.1) is 10.7 Å².